The number of benzene rings is 1. The molecule has 0 bridgehead atoms. The molecular weight excluding hydrogens is 365 g/mol. The zero-order chi connectivity index (χ0) is 18.8. The van der Waals surface area contributed by atoms with E-state index in [1.807, 2.05) is 5.32 Å². The molecule has 134 valence electrons. The molecule has 1 amide bonds. The smallest absolute Gasteiger partial charge is 0.418 e. The van der Waals surface area contributed by atoms with Crippen LogP contribution in [-0.2, 0) is 15.7 Å². The minimum absolute atomic E-state index is 0.0570. The van der Waals surface area contributed by atoms with Gasteiger partial charge in [0.25, 0.3) is 5.91 Å². The van der Waals surface area contributed by atoms with Crippen LogP contribution in [-0.4, -0.2) is 23.6 Å². The molecule has 0 aliphatic rings. The zero-order valence-corrected chi connectivity index (χ0v) is 13.8. The SMILES string of the molecule is Cc1noc(C)c1C(=O)OCC(=O)Nc1c(Cl)cccc1C(F)(F)F. The van der Waals surface area contributed by atoms with Crippen LogP contribution in [0.25, 0.3) is 0 Å². The highest BCUT2D eigenvalue weighted by Crippen LogP contribution is 2.38. The van der Waals surface area contributed by atoms with Crippen molar-refractivity contribution in [1.82, 2.24) is 5.16 Å². The second-order valence-corrected chi connectivity index (χ2v) is 5.39. The summed E-state index contributed by atoms with van der Waals surface area (Å²) in [5, 5.41) is 5.28. The van der Waals surface area contributed by atoms with Gasteiger partial charge in [-0.25, -0.2) is 4.79 Å². The normalized spacial score (nSPS) is 11.3. The van der Waals surface area contributed by atoms with Crippen LogP contribution in [0.3, 0.4) is 0 Å². The van der Waals surface area contributed by atoms with Crippen LogP contribution >= 0.6 is 11.6 Å². The van der Waals surface area contributed by atoms with Crippen molar-refractivity contribution in [3.8, 4) is 0 Å². The maximum Gasteiger partial charge on any atom is 0.418 e. The van der Waals surface area contributed by atoms with Crippen LogP contribution in [0, 0.1) is 13.8 Å². The first kappa shape index (κ1) is 18.8. The summed E-state index contributed by atoms with van der Waals surface area (Å²) >= 11 is 5.72. The molecule has 0 aliphatic carbocycles. The minimum Gasteiger partial charge on any atom is -0.452 e. The van der Waals surface area contributed by atoms with Crippen LogP contribution < -0.4 is 5.32 Å². The Bertz CT molecular complexity index is 798. The Kier molecular flexibility index (Phi) is 5.36. The first-order valence-corrected chi connectivity index (χ1v) is 7.24. The average Bonchev–Trinajstić information content (AvgIpc) is 2.85. The Hall–Kier alpha value is -2.55. The lowest BCUT2D eigenvalue weighted by Gasteiger charge is -2.15. The van der Waals surface area contributed by atoms with Gasteiger partial charge >= 0.3 is 12.1 Å². The highest BCUT2D eigenvalue weighted by molar-refractivity contribution is 6.34. The maximum absolute atomic E-state index is 13.0. The molecule has 0 saturated carbocycles. The van der Waals surface area contributed by atoms with Gasteiger partial charge < -0.3 is 14.6 Å². The van der Waals surface area contributed by atoms with Crippen molar-refractivity contribution < 1.29 is 32.0 Å². The van der Waals surface area contributed by atoms with Crippen LogP contribution in [0.2, 0.25) is 5.02 Å². The largest absolute Gasteiger partial charge is 0.452 e. The fourth-order valence-electron chi connectivity index (χ4n) is 2.04. The number of aryl methyl sites for hydroxylation is 2. The third-order valence-electron chi connectivity index (χ3n) is 3.16. The highest BCUT2D eigenvalue weighted by atomic mass is 35.5. The average molecular weight is 377 g/mol. The lowest BCUT2D eigenvalue weighted by atomic mass is 10.1. The number of nitrogens with one attached hydrogen (secondary N) is 1. The van der Waals surface area contributed by atoms with Gasteiger partial charge in [-0.3, -0.25) is 4.79 Å². The number of para-hydroxylation sites is 1. The third kappa shape index (κ3) is 4.30. The number of carbonyl (C=O) groups excluding carboxylic acids is 2. The molecule has 0 radical (unpaired) electrons. The summed E-state index contributed by atoms with van der Waals surface area (Å²) in [7, 11) is 0. The van der Waals surface area contributed by atoms with Crippen molar-refractivity contribution in [2.75, 3.05) is 11.9 Å². The quantitative estimate of drug-likeness (QED) is 0.822. The molecule has 2 aromatic rings. The number of amides is 1. The molecular formula is C15H12ClF3N2O4. The fourth-order valence-corrected chi connectivity index (χ4v) is 2.26. The Morgan fingerprint density at radius 3 is 2.56 bits per heavy atom. The Morgan fingerprint density at radius 1 is 1.32 bits per heavy atom. The van der Waals surface area contributed by atoms with Crippen molar-refractivity contribution in [3.05, 3.63) is 45.8 Å². The molecule has 0 fully saturated rings. The van der Waals surface area contributed by atoms with Crippen molar-refractivity contribution in [1.29, 1.82) is 0 Å². The van der Waals surface area contributed by atoms with E-state index in [2.05, 4.69) is 5.16 Å². The molecule has 6 nitrogen and oxygen atoms in total. The summed E-state index contributed by atoms with van der Waals surface area (Å²) in [5.41, 5.74) is -1.38. The Labute approximate surface area is 144 Å². The number of nitrogens with zero attached hydrogens (tertiary/aromatic N) is 1. The highest BCUT2D eigenvalue weighted by Gasteiger charge is 2.35. The summed E-state index contributed by atoms with van der Waals surface area (Å²) in [6, 6.07) is 3.08. The Morgan fingerprint density at radius 2 is 2.00 bits per heavy atom. The van der Waals surface area contributed by atoms with Gasteiger partial charge in [0.1, 0.15) is 11.3 Å². The molecule has 2 rings (SSSR count). The first-order chi connectivity index (χ1) is 11.6. The van der Waals surface area contributed by atoms with E-state index in [0.717, 1.165) is 12.1 Å². The van der Waals surface area contributed by atoms with Crippen LogP contribution in [0.5, 0.6) is 0 Å². The summed E-state index contributed by atoms with van der Waals surface area (Å²) in [4.78, 5) is 23.7. The molecule has 1 aromatic heterocycles. The van der Waals surface area contributed by atoms with E-state index in [1.54, 1.807) is 0 Å². The molecule has 10 heteroatoms. The van der Waals surface area contributed by atoms with Gasteiger partial charge in [-0.15, -0.1) is 0 Å². The summed E-state index contributed by atoms with van der Waals surface area (Å²) < 4.78 is 48.4. The number of halogens is 4. The van der Waals surface area contributed by atoms with Crippen LogP contribution in [0.15, 0.2) is 22.7 Å². The van der Waals surface area contributed by atoms with Gasteiger partial charge in [0.15, 0.2) is 6.61 Å². The summed E-state index contributed by atoms with van der Waals surface area (Å²) in [5.74, 6) is -1.64. The van der Waals surface area contributed by atoms with E-state index < -0.39 is 35.9 Å². The van der Waals surface area contributed by atoms with Crippen LogP contribution in [0.4, 0.5) is 18.9 Å². The van der Waals surface area contributed by atoms with Crippen molar-refractivity contribution >= 4 is 29.2 Å². The van der Waals surface area contributed by atoms with Gasteiger partial charge in [0, 0.05) is 0 Å². The fraction of sp³-hybridized carbons (Fsp3) is 0.267. The van der Waals surface area contributed by atoms with Crippen molar-refractivity contribution in [3.63, 3.8) is 0 Å². The van der Waals surface area contributed by atoms with E-state index in [-0.39, 0.29) is 22.0 Å². The molecule has 1 N–H and O–H groups in total. The molecule has 0 saturated heterocycles. The van der Waals surface area contributed by atoms with Gasteiger partial charge in [0.2, 0.25) is 0 Å². The standard InChI is InChI=1S/C15H12ClF3N2O4/c1-7-12(8(2)25-21-7)14(23)24-6-11(22)20-13-9(15(17,18)19)4-3-5-10(13)16/h3-5H,6H2,1-2H3,(H,20,22). The number of esters is 1. The van der Waals surface area contributed by atoms with Crippen molar-refractivity contribution in [2.24, 2.45) is 0 Å². The molecule has 25 heavy (non-hydrogen) atoms. The Balaban J connectivity index is 2.08. The molecule has 0 spiro atoms. The monoisotopic (exact) mass is 376 g/mol. The van der Waals surface area contributed by atoms with E-state index in [0.29, 0.717) is 0 Å². The van der Waals surface area contributed by atoms with E-state index in [9.17, 15) is 22.8 Å². The zero-order valence-electron chi connectivity index (χ0n) is 13.0. The number of carbonyl (C=O) groups is 2. The predicted octanol–water partition coefficient (Wildman–Crippen LogP) is 3.76. The van der Waals surface area contributed by atoms with Gasteiger partial charge in [-0.1, -0.05) is 22.8 Å². The minimum atomic E-state index is -4.71. The molecule has 1 aromatic carbocycles. The maximum atomic E-state index is 13.0. The first-order valence-electron chi connectivity index (χ1n) is 6.86. The van der Waals surface area contributed by atoms with Gasteiger partial charge in [-0.05, 0) is 26.0 Å². The number of aromatic nitrogens is 1. The number of rotatable bonds is 4. The number of alkyl halides is 3. The lowest BCUT2D eigenvalue weighted by Crippen LogP contribution is -2.23. The summed E-state index contributed by atoms with van der Waals surface area (Å²) in [6.07, 6.45) is -4.71. The second kappa shape index (κ2) is 7.14. The topological polar surface area (TPSA) is 81.4 Å². The second-order valence-electron chi connectivity index (χ2n) is 4.98. The molecule has 0 unspecified atom stereocenters. The van der Waals surface area contributed by atoms with E-state index >= 15 is 0 Å². The van der Waals surface area contributed by atoms with Crippen LogP contribution in [0.1, 0.15) is 27.4 Å². The number of anilines is 1. The predicted molar refractivity (Wildman–Crippen MR) is 81.3 cm³/mol. The van der Waals surface area contributed by atoms with E-state index in [1.165, 1.54) is 19.9 Å². The molecule has 0 aliphatic heterocycles. The van der Waals surface area contributed by atoms with Gasteiger partial charge in [-0.2, -0.15) is 13.2 Å². The third-order valence-corrected chi connectivity index (χ3v) is 3.47. The van der Waals surface area contributed by atoms with Crippen molar-refractivity contribution in [2.45, 2.75) is 20.0 Å². The number of hydrogen-bond donors (Lipinski definition) is 1. The number of ether oxygens (including phenoxy) is 1. The molecule has 1 heterocycles. The molecule has 0 atom stereocenters. The van der Waals surface area contributed by atoms with Gasteiger partial charge in [0.05, 0.1) is 22.0 Å². The lowest BCUT2D eigenvalue weighted by molar-refractivity contribution is -0.137. The van der Waals surface area contributed by atoms with E-state index in [4.69, 9.17) is 20.9 Å². The summed E-state index contributed by atoms with van der Waals surface area (Å²) in [6.45, 7) is 2.19. The number of hydrogen-bond acceptors (Lipinski definition) is 5.